The van der Waals surface area contributed by atoms with E-state index in [1.807, 2.05) is 18.7 Å². The number of urea groups is 1. The molecular weight excluding hydrogens is 426 g/mol. The minimum atomic E-state index is -0.845. The molecule has 170 valence electrons. The average Bonchev–Trinajstić information content (AvgIpc) is 2.79. The maximum absolute atomic E-state index is 13.3. The molecule has 33 heavy (non-hydrogen) atoms. The fourth-order valence-electron chi connectivity index (χ4n) is 3.88. The van der Waals surface area contributed by atoms with E-state index >= 15 is 0 Å². The van der Waals surface area contributed by atoms with Crippen LogP contribution in [0.15, 0.2) is 42.0 Å². The van der Waals surface area contributed by atoms with Crippen molar-refractivity contribution in [2.75, 3.05) is 36.0 Å². The highest BCUT2D eigenvalue weighted by Crippen LogP contribution is 2.30. The lowest BCUT2D eigenvalue weighted by molar-refractivity contribution is -0.384. The van der Waals surface area contributed by atoms with Crippen LogP contribution < -0.4 is 20.4 Å². The van der Waals surface area contributed by atoms with Gasteiger partial charge in [-0.25, -0.2) is 9.69 Å². The molecule has 2 heterocycles. The number of hydrogen-bond donors (Lipinski definition) is 2. The van der Waals surface area contributed by atoms with Gasteiger partial charge in [0.1, 0.15) is 5.57 Å². The highest BCUT2D eigenvalue weighted by Gasteiger charge is 2.37. The number of imide groups is 2. The minimum absolute atomic E-state index is 0.161. The van der Waals surface area contributed by atoms with E-state index in [1.165, 1.54) is 18.2 Å². The van der Waals surface area contributed by atoms with Gasteiger partial charge in [0.25, 0.3) is 17.5 Å². The van der Waals surface area contributed by atoms with E-state index in [-0.39, 0.29) is 11.3 Å². The summed E-state index contributed by atoms with van der Waals surface area (Å²) in [6.07, 6.45) is 1.32. The molecule has 2 aromatic rings. The van der Waals surface area contributed by atoms with E-state index < -0.39 is 22.8 Å². The first-order chi connectivity index (χ1) is 15.8. The van der Waals surface area contributed by atoms with E-state index in [0.717, 1.165) is 29.1 Å². The summed E-state index contributed by atoms with van der Waals surface area (Å²) in [7, 11) is 0. The maximum Gasteiger partial charge on any atom is 0.335 e. The molecule has 4 rings (SSSR count). The Morgan fingerprint density at radius 1 is 1.00 bits per heavy atom. The van der Waals surface area contributed by atoms with Crippen LogP contribution in [0.5, 0.6) is 0 Å². The van der Waals surface area contributed by atoms with E-state index in [9.17, 15) is 24.5 Å². The van der Waals surface area contributed by atoms with Gasteiger partial charge in [0.2, 0.25) is 0 Å². The molecule has 2 aromatic carbocycles. The molecule has 2 aliphatic heterocycles. The zero-order chi connectivity index (χ0) is 23.7. The van der Waals surface area contributed by atoms with Gasteiger partial charge in [-0.1, -0.05) is 6.07 Å². The number of nitrogens with one attached hydrogen (secondary N) is 2. The van der Waals surface area contributed by atoms with Gasteiger partial charge in [-0.2, -0.15) is 0 Å². The summed E-state index contributed by atoms with van der Waals surface area (Å²) in [4.78, 5) is 52.2. The Labute approximate surface area is 190 Å². The molecule has 2 fully saturated rings. The molecule has 0 unspecified atom stereocenters. The second-order valence-electron chi connectivity index (χ2n) is 7.96. The third kappa shape index (κ3) is 4.33. The molecule has 2 aliphatic rings. The first kappa shape index (κ1) is 22.2. The summed E-state index contributed by atoms with van der Waals surface area (Å²) >= 11 is 0. The van der Waals surface area contributed by atoms with Gasteiger partial charge >= 0.3 is 6.03 Å². The van der Waals surface area contributed by atoms with Gasteiger partial charge in [0.05, 0.1) is 10.6 Å². The number of amides is 4. The SMILES string of the molecule is Cc1ccc(N2C(=O)NC(=O)/C(=C/c3cc([N+](=O)[O-])ccc3N3CCNCC3)C2=O)cc1C. The lowest BCUT2D eigenvalue weighted by Crippen LogP contribution is -2.54. The fraction of sp³-hybridized carbons (Fsp3) is 0.261. The molecular formula is C23H23N5O5. The van der Waals surface area contributed by atoms with Crippen molar-refractivity contribution < 1.29 is 19.3 Å². The van der Waals surface area contributed by atoms with Crippen LogP contribution in [0, 0.1) is 24.0 Å². The molecule has 0 bridgehead atoms. The molecule has 2 saturated heterocycles. The van der Waals surface area contributed by atoms with E-state index in [0.29, 0.717) is 30.0 Å². The quantitative estimate of drug-likeness (QED) is 0.318. The third-order valence-electron chi connectivity index (χ3n) is 5.83. The predicted molar refractivity (Wildman–Crippen MR) is 123 cm³/mol. The van der Waals surface area contributed by atoms with E-state index in [2.05, 4.69) is 10.6 Å². The number of hydrogen-bond acceptors (Lipinski definition) is 7. The number of barbiturate groups is 1. The van der Waals surface area contributed by atoms with Gasteiger partial charge in [0, 0.05) is 49.6 Å². The normalized spacial score (nSPS) is 18.0. The second kappa shape index (κ2) is 8.83. The van der Waals surface area contributed by atoms with Gasteiger partial charge < -0.3 is 10.2 Å². The van der Waals surface area contributed by atoms with Gasteiger partial charge in [-0.15, -0.1) is 0 Å². The van der Waals surface area contributed by atoms with Crippen molar-refractivity contribution in [2.24, 2.45) is 0 Å². The Kier molecular flexibility index (Phi) is 5.93. The zero-order valence-electron chi connectivity index (χ0n) is 18.3. The largest absolute Gasteiger partial charge is 0.368 e. The van der Waals surface area contributed by atoms with Crippen LogP contribution in [0.3, 0.4) is 0 Å². The molecule has 0 aromatic heterocycles. The molecule has 10 nitrogen and oxygen atoms in total. The van der Waals surface area contributed by atoms with Crippen molar-refractivity contribution in [1.82, 2.24) is 10.6 Å². The standard InChI is InChI=1S/C23H23N5O5/c1-14-3-4-17(11-15(14)2)27-22(30)19(21(29)25-23(27)31)13-16-12-18(28(32)33)5-6-20(16)26-9-7-24-8-10-26/h3-6,11-13,24H,7-10H2,1-2H3,(H,25,29,31)/b19-13-. The predicted octanol–water partition coefficient (Wildman–Crippen LogP) is 2.29. The van der Waals surface area contributed by atoms with Crippen molar-refractivity contribution in [3.63, 3.8) is 0 Å². The number of anilines is 2. The van der Waals surface area contributed by atoms with Crippen molar-refractivity contribution in [3.05, 3.63) is 68.8 Å². The van der Waals surface area contributed by atoms with Crippen LogP contribution in [-0.4, -0.2) is 48.9 Å². The number of non-ortho nitro benzene ring substituents is 1. The number of aryl methyl sites for hydroxylation is 2. The lowest BCUT2D eigenvalue weighted by Gasteiger charge is -2.31. The highest BCUT2D eigenvalue weighted by molar-refractivity contribution is 6.39. The van der Waals surface area contributed by atoms with Crippen LogP contribution >= 0.6 is 0 Å². The number of nitrogens with zero attached hydrogens (tertiary/aromatic N) is 3. The Hall–Kier alpha value is -4.05. The summed E-state index contributed by atoms with van der Waals surface area (Å²) < 4.78 is 0. The topological polar surface area (TPSA) is 125 Å². The monoisotopic (exact) mass is 449 g/mol. The molecule has 0 atom stereocenters. The summed E-state index contributed by atoms with van der Waals surface area (Å²) in [5.41, 5.74) is 2.81. The number of carbonyl (C=O) groups is 3. The van der Waals surface area contributed by atoms with Crippen LogP contribution in [0.25, 0.3) is 6.08 Å². The van der Waals surface area contributed by atoms with E-state index in [4.69, 9.17) is 0 Å². The molecule has 10 heteroatoms. The number of carbonyl (C=O) groups excluding carboxylic acids is 3. The smallest absolute Gasteiger partial charge is 0.335 e. The maximum atomic E-state index is 13.3. The molecule has 4 amide bonds. The number of nitro groups is 1. The Morgan fingerprint density at radius 2 is 1.73 bits per heavy atom. The molecule has 2 N–H and O–H groups in total. The first-order valence-corrected chi connectivity index (χ1v) is 10.5. The van der Waals surface area contributed by atoms with Crippen molar-refractivity contribution in [2.45, 2.75) is 13.8 Å². The summed E-state index contributed by atoms with van der Waals surface area (Å²) in [5, 5.41) is 16.8. The Balaban J connectivity index is 1.79. The first-order valence-electron chi connectivity index (χ1n) is 10.5. The molecule has 0 radical (unpaired) electrons. The number of piperazine rings is 1. The summed E-state index contributed by atoms with van der Waals surface area (Å²) in [6, 6.07) is 8.62. The fourth-order valence-corrected chi connectivity index (χ4v) is 3.88. The van der Waals surface area contributed by atoms with Crippen molar-refractivity contribution in [1.29, 1.82) is 0 Å². The van der Waals surface area contributed by atoms with Crippen LogP contribution in [0.1, 0.15) is 16.7 Å². The van der Waals surface area contributed by atoms with E-state index in [1.54, 1.807) is 24.3 Å². The van der Waals surface area contributed by atoms with Crippen LogP contribution in [-0.2, 0) is 9.59 Å². The Bertz CT molecular complexity index is 1200. The lowest BCUT2D eigenvalue weighted by atomic mass is 10.0. The highest BCUT2D eigenvalue weighted by atomic mass is 16.6. The van der Waals surface area contributed by atoms with Gasteiger partial charge in [0.15, 0.2) is 0 Å². The molecule has 0 saturated carbocycles. The number of rotatable bonds is 4. The van der Waals surface area contributed by atoms with Crippen molar-refractivity contribution in [3.8, 4) is 0 Å². The Morgan fingerprint density at radius 3 is 2.39 bits per heavy atom. The van der Waals surface area contributed by atoms with Crippen LogP contribution in [0.4, 0.5) is 21.9 Å². The number of benzene rings is 2. The zero-order valence-corrected chi connectivity index (χ0v) is 18.3. The van der Waals surface area contributed by atoms with Crippen molar-refractivity contribution >= 4 is 41.0 Å². The minimum Gasteiger partial charge on any atom is -0.368 e. The average molecular weight is 449 g/mol. The number of nitro benzene ring substituents is 1. The summed E-state index contributed by atoms with van der Waals surface area (Å²) in [5.74, 6) is -1.63. The second-order valence-corrected chi connectivity index (χ2v) is 7.96. The molecule has 0 aliphatic carbocycles. The van der Waals surface area contributed by atoms with Crippen LogP contribution in [0.2, 0.25) is 0 Å². The molecule has 0 spiro atoms. The van der Waals surface area contributed by atoms with Gasteiger partial charge in [-0.05, 0) is 49.2 Å². The third-order valence-corrected chi connectivity index (χ3v) is 5.83. The van der Waals surface area contributed by atoms with Gasteiger partial charge in [-0.3, -0.25) is 25.0 Å². The summed E-state index contributed by atoms with van der Waals surface area (Å²) in [6.45, 7) is 6.58.